The molecule has 8 heteroatoms. The molecule has 104 valence electrons. The Labute approximate surface area is 108 Å². The third kappa shape index (κ3) is 1.61. The molecule has 19 heavy (non-hydrogen) atoms. The van der Waals surface area contributed by atoms with E-state index in [-0.39, 0.29) is 19.0 Å². The quantitative estimate of drug-likeness (QED) is 0.576. The van der Waals surface area contributed by atoms with Gasteiger partial charge in [-0.3, -0.25) is 4.57 Å². The van der Waals surface area contributed by atoms with Crippen LogP contribution in [0.5, 0.6) is 0 Å². The Bertz CT molecular complexity index is 574. The van der Waals surface area contributed by atoms with Gasteiger partial charge in [0.25, 0.3) is 0 Å². The first-order valence-corrected chi connectivity index (χ1v) is 5.92. The van der Waals surface area contributed by atoms with Gasteiger partial charge in [0.1, 0.15) is 23.6 Å². The molecule has 0 aliphatic carbocycles. The second-order valence-corrected chi connectivity index (χ2v) is 4.95. The van der Waals surface area contributed by atoms with Crippen LogP contribution >= 0.6 is 0 Å². The predicted octanol–water partition coefficient (Wildman–Crippen LogP) is -1.85. The largest absolute Gasteiger partial charge is 0.393 e. The summed E-state index contributed by atoms with van der Waals surface area (Å²) in [5.41, 5.74) is 4.44. The lowest BCUT2D eigenvalue weighted by molar-refractivity contribution is -0.187. The molecular formula is C11H15N3O5. The number of anilines is 1. The summed E-state index contributed by atoms with van der Waals surface area (Å²) in [6.07, 6.45) is -0.978. The molecule has 2 bridgehead atoms. The van der Waals surface area contributed by atoms with E-state index >= 15 is 0 Å². The van der Waals surface area contributed by atoms with Gasteiger partial charge in [0.15, 0.2) is 6.23 Å². The molecule has 8 nitrogen and oxygen atoms in total. The van der Waals surface area contributed by atoms with Gasteiger partial charge in [0.2, 0.25) is 0 Å². The molecule has 2 fully saturated rings. The molecule has 1 aromatic heterocycles. The van der Waals surface area contributed by atoms with Crippen LogP contribution in [0.3, 0.4) is 0 Å². The second-order valence-electron chi connectivity index (χ2n) is 4.95. The van der Waals surface area contributed by atoms with Crippen LogP contribution < -0.4 is 11.4 Å². The van der Waals surface area contributed by atoms with Gasteiger partial charge in [0, 0.05) is 11.8 Å². The van der Waals surface area contributed by atoms with Crippen LogP contribution in [-0.2, 0) is 9.47 Å². The standard InChI is InChI=1S/C11H15N3O5/c1-5-2-14(10(17)13-8(5)12)9-6-7(16)11(3-15,19-9)4-18-6/h2,6-7,9,15-16H,3-4H2,1H3,(H2,12,13,17)/t6-,7?,9+,11-/m0/s1. The Morgan fingerprint density at radius 1 is 1.68 bits per heavy atom. The Hall–Kier alpha value is -1.48. The summed E-state index contributed by atoms with van der Waals surface area (Å²) in [6, 6.07) is 0. The summed E-state index contributed by atoms with van der Waals surface area (Å²) >= 11 is 0. The average molecular weight is 269 g/mol. The number of aliphatic hydroxyl groups is 2. The summed E-state index contributed by atoms with van der Waals surface area (Å²) in [6.45, 7) is 1.43. The Kier molecular flexibility index (Phi) is 2.65. The van der Waals surface area contributed by atoms with E-state index in [1.165, 1.54) is 10.8 Å². The van der Waals surface area contributed by atoms with Gasteiger partial charge >= 0.3 is 5.69 Å². The third-order valence-electron chi connectivity index (χ3n) is 3.72. The van der Waals surface area contributed by atoms with Crippen LogP contribution in [0.4, 0.5) is 5.82 Å². The lowest BCUT2D eigenvalue weighted by Gasteiger charge is -2.29. The monoisotopic (exact) mass is 269 g/mol. The topological polar surface area (TPSA) is 120 Å². The molecule has 0 saturated carbocycles. The minimum absolute atomic E-state index is 0.0992. The smallest absolute Gasteiger partial charge is 0.351 e. The molecule has 0 spiro atoms. The van der Waals surface area contributed by atoms with E-state index < -0.39 is 29.7 Å². The number of nitrogen functional groups attached to an aromatic ring is 1. The van der Waals surface area contributed by atoms with E-state index in [9.17, 15) is 15.0 Å². The summed E-state index contributed by atoms with van der Waals surface area (Å²) in [4.78, 5) is 15.5. The van der Waals surface area contributed by atoms with Crippen LogP contribution in [0, 0.1) is 6.92 Å². The molecule has 2 aliphatic rings. The lowest BCUT2D eigenvalue weighted by atomic mass is 10.0. The third-order valence-corrected chi connectivity index (χ3v) is 3.72. The zero-order valence-electron chi connectivity index (χ0n) is 10.3. The van der Waals surface area contributed by atoms with E-state index in [1.807, 2.05) is 0 Å². The average Bonchev–Trinajstić information content (AvgIpc) is 2.85. The SMILES string of the molecule is Cc1cn([C@@H]2O[C@@]3(CO)CO[C@H]2C3O)c(=O)nc1N. The number of nitrogens with zero attached hydrogens (tertiary/aromatic N) is 2. The van der Waals surface area contributed by atoms with E-state index in [0.717, 1.165) is 0 Å². The lowest BCUT2D eigenvalue weighted by Crippen LogP contribution is -2.44. The normalized spacial score (nSPS) is 36.9. The second kappa shape index (κ2) is 4.01. The van der Waals surface area contributed by atoms with Gasteiger partial charge in [0.05, 0.1) is 13.2 Å². The van der Waals surface area contributed by atoms with Crippen molar-refractivity contribution in [1.82, 2.24) is 9.55 Å². The summed E-state index contributed by atoms with van der Waals surface area (Å²) in [5, 5.41) is 19.4. The molecule has 0 aromatic carbocycles. The Balaban J connectivity index is 2.02. The van der Waals surface area contributed by atoms with E-state index in [1.54, 1.807) is 6.92 Å². The first-order valence-electron chi connectivity index (χ1n) is 5.92. The molecule has 3 heterocycles. The van der Waals surface area contributed by atoms with Gasteiger partial charge in [-0.1, -0.05) is 0 Å². The Morgan fingerprint density at radius 2 is 2.42 bits per heavy atom. The van der Waals surface area contributed by atoms with Crippen molar-refractivity contribution in [1.29, 1.82) is 0 Å². The Morgan fingerprint density at radius 3 is 3.05 bits per heavy atom. The maximum Gasteiger partial charge on any atom is 0.351 e. The maximum absolute atomic E-state index is 11.8. The highest BCUT2D eigenvalue weighted by Gasteiger charge is 2.61. The van der Waals surface area contributed by atoms with Crippen molar-refractivity contribution >= 4 is 5.82 Å². The fourth-order valence-electron chi connectivity index (χ4n) is 2.52. The fraction of sp³-hybridized carbons (Fsp3) is 0.636. The zero-order valence-corrected chi connectivity index (χ0v) is 10.3. The minimum Gasteiger partial charge on any atom is -0.393 e. The van der Waals surface area contributed by atoms with Crippen molar-refractivity contribution < 1.29 is 19.7 Å². The highest BCUT2D eigenvalue weighted by molar-refractivity contribution is 5.35. The summed E-state index contributed by atoms with van der Waals surface area (Å²) in [7, 11) is 0. The number of aryl methyl sites for hydroxylation is 1. The molecule has 1 unspecified atom stereocenters. The number of fused-ring (bicyclic) bond motifs is 2. The van der Waals surface area contributed by atoms with Gasteiger partial charge in [-0.25, -0.2) is 4.79 Å². The number of ether oxygens (including phenoxy) is 2. The number of aliphatic hydroxyl groups excluding tert-OH is 2. The van der Waals surface area contributed by atoms with Gasteiger partial charge in [-0.05, 0) is 6.92 Å². The highest BCUT2D eigenvalue weighted by atomic mass is 16.7. The first-order chi connectivity index (χ1) is 8.98. The number of rotatable bonds is 2. The van der Waals surface area contributed by atoms with Crippen molar-refractivity contribution in [2.24, 2.45) is 0 Å². The molecule has 0 radical (unpaired) electrons. The number of nitrogens with two attached hydrogens (primary N) is 1. The molecule has 2 saturated heterocycles. The highest BCUT2D eigenvalue weighted by Crippen LogP contribution is 2.44. The van der Waals surface area contributed by atoms with E-state index in [4.69, 9.17) is 15.2 Å². The van der Waals surface area contributed by atoms with Crippen molar-refractivity contribution in [3.05, 3.63) is 22.2 Å². The van der Waals surface area contributed by atoms with Crippen LogP contribution in [0.1, 0.15) is 11.8 Å². The minimum atomic E-state index is -1.16. The molecule has 4 N–H and O–H groups in total. The van der Waals surface area contributed by atoms with E-state index in [0.29, 0.717) is 5.56 Å². The summed E-state index contributed by atoms with van der Waals surface area (Å²) < 4.78 is 12.3. The van der Waals surface area contributed by atoms with Gasteiger partial charge in [-0.15, -0.1) is 0 Å². The molecule has 2 aliphatic heterocycles. The maximum atomic E-state index is 11.8. The van der Waals surface area contributed by atoms with Gasteiger partial charge < -0.3 is 25.4 Å². The van der Waals surface area contributed by atoms with Crippen molar-refractivity contribution in [3.8, 4) is 0 Å². The first kappa shape index (κ1) is 12.5. The number of hydrogen-bond acceptors (Lipinski definition) is 7. The molecule has 1 aromatic rings. The predicted molar refractivity (Wildman–Crippen MR) is 63.3 cm³/mol. The van der Waals surface area contributed by atoms with E-state index in [2.05, 4.69) is 4.98 Å². The molecule has 4 atom stereocenters. The molecule has 0 amide bonds. The van der Waals surface area contributed by atoms with Crippen LogP contribution in [0.25, 0.3) is 0 Å². The zero-order chi connectivity index (χ0) is 13.8. The van der Waals surface area contributed by atoms with Crippen LogP contribution in [0.15, 0.2) is 11.0 Å². The van der Waals surface area contributed by atoms with Gasteiger partial charge in [-0.2, -0.15) is 4.98 Å². The number of hydrogen-bond donors (Lipinski definition) is 3. The number of aromatic nitrogens is 2. The van der Waals surface area contributed by atoms with Crippen molar-refractivity contribution in [2.75, 3.05) is 18.9 Å². The molecular weight excluding hydrogens is 254 g/mol. The van der Waals surface area contributed by atoms with Crippen LogP contribution in [-0.4, -0.2) is 50.8 Å². The van der Waals surface area contributed by atoms with Crippen LogP contribution in [0.2, 0.25) is 0 Å². The summed E-state index contributed by atoms with van der Waals surface area (Å²) in [5.74, 6) is 0.155. The van der Waals surface area contributed by atoms with Crippen molar-refractivity contribution in [3.63, 3.8) is 0 Å². The molecule has 3 rings (SSSR count). The fourth-order valence-corrected chi connectivity index (χ4v) is 2.52. The van der Waals surface area contributed by atoms with Crippen molar-refractivity contribution in [2.45, 2.75) is 31.0 Å².